The van der Waals surface area contributed by atoms with Crippen LogP contribution in [0.25, 0.3) is 0 Å². The predicted octanol–water partition coefficient (Wildman–Crippen LogP) is 0.271. The Balaban J connectivity index is 2.01. The highest BCUT2D eigenvalue weighted by atomic mass is 32.1. The minimum atomic E-state index is -0.288. The lowest BCUT2D eigenvalue weighted by atomic mass is 10.4. The summed E-state index contributed by atoms with van der Waals surface area (Å²) < 4.78 is 0. The van der Waals surface area contributed by atoms with E-state index in [2.05, 4.69) is 26.2 Å². The van der Waals surface area contributed by atoms with Crippen molar-refractivity contribution in [1.29, 1.82) is 0 Å². The Morgan fingerprint density at radius 1 is 1.71 bits per heavy atom. The van der Waals surface area contributed by atoms with Crippen LogP contribution in [0, 0.1) is 6.92 Å². The van der Waals surface area contributed by atoms with Crippen LogP contribution in [0.5, 0.6) is 0 Å². The SMILES string of the molecule is Cc1csc(NC(=O)C2=CNON2)n1. The molecule has 1 aliphatic heterocycles. The molecule has 0 bridgehead atoms. The number of hydroxylamine groups is 2. The maximum Gasteiger partial charge on any atom is 0.277 e. The van der Waals surface area contributed by atoms with Crippen molar-refractivity contribution in [1.82, 2.24) is 15.9 Å². The Labute approximate surface area is 83.9 Å². The number of aryl methyl sites for hydroxylation is 1. The van der Waals surface area contributed by atoms with Crippen LogP contribution in [0.1, 0.15) is 5.69 Å². The number of anilines is 1. The van der Waals surface area contributed by atoms with E-state index in [9.17, 15) is 4.79 Å². The van der Waals surface area contributed by atoms with Gasteiger partial charge in [0.2, 0.25) is 0 Å². The fourth-order valence-corrected chi connectivity index (χ4v) is 1.57. The van der Waals surface area contributed by atoms with Crippen LogP contribution in [-0.4, -0.2) is 10.9 Å². The van der Waals surface area contributed by atoms with Crippen LogP contribution >= 0.6 is 11.3 Å². The third-order valence-electron chi connectivity index (χ3n) is 1.51. The number of hydrogen-bond donors (Lipinski definition) is 3. The van der Waals surface area contributed by atoms with Crippen LogP contribution < -0.4 is 16.3 Å². The largest absolute Gasteiger partial charge is 0.296 e. The zero-order valence-corrected chi connectivity index (χ0v) is 8.14. The lowest BCUT2D eigenvalue weighted by Gasteiger charge is -2.00. The molecule has 74 valence electrons. The molecule has 0 spiro atoms. The number of rotatable bonds is 2. The van der Waals surface area contributed by atoms with E-state index < -0.39 is 0 Å². The van der Waals surface area contributed by atoms with Crippen molar-refractivity contribution in [2.24, 2.45) is 0 Å². The molecule has 0 unspecified atom stereocenters. The fraction of sp³-hybridized carbons (Fsp3) is 0.143. The molecule has 1 aromatic rings. The monoisotopic (exact) mass is 212 g/mol. The van der Waals surface area contributed by atoms with E-state index in [0.717, 1.165) is 5.69 Å². The minimum Gasteiger partial charge on any atom is -0.296 e. The predicted molar refractivity (Wildman–Crippen MR) is 50.9 cm³/mol. The molecule has 2 rings (SSSR count). The van der Waals surface area contributed by atoms with Gasteiger partial charge in [-0.3, -0.25) is 10.1 Å². The molecular formula is C7H8N4O2S. The van der Waals surface area contributed by atoms with E-state index >= 15 is 0 Å². The standard InChI is InChI=1S/C7H8N4O2S/c1-4-3-14-7(9-4)10-6(12)5-2-8-13-11-5/h2-3,8,11H,1H3,(H,9,10,12). The molecule has 7 heteroatoms. The van der Waals surface area contributed by atoms with Crippen LogP contribution in [0.15, 0.2) is 17.3 Å². The Morgan fingerprint density at radius 2 is 2.57 bits per heavy atom. The third kappa shape index (κ3) is 1.83. The molecule has 3 N–H and O–H groups in total. The van der Waals surface area contributed by atoms with E-state index in [4.69, 9.17) is 0 Å². The van der Waals surface area contributed by atoms with Gasteiger partial charge in [0.15, 0.2) is 5.13 Å². The van der Waals surface area contributed by atoms with Gasteiger partial charge in [-0.25, -0.2) is 15.9 Å². The van der Waals surface area contributed by atoms with Gasteiger partial charge in [-0.05, 0) is 6.92 Å². The highest BCUT2D eigenvalue weighted by Crippen LogP contribution is 2.14. The van der Waals surface area contributed by atoms with Gasteiger partial charge in [-0.15, -0.1) is 11.3 Å². The van der Waals surface area contributed by atoms with Crippen molar-refractivity contribution < 1.29 is 9.73 Å². The summed E-state index contributed by atoms with van der Waals surface area (Å²) in [6.45, 7) is 1.86. The summed E-state index contributed by atoms with van der Waals surface area (Å²) in [7, 11) is 0. The molecular weight excluding hydrogens is 204 g/mol. The van der Waals surface area contributed by atoms with E-state index in [1.807, 2.05) is 12.3 Å². The molecule has 0 saturated heterocycles. The first-order valence-electron chi connectivity index (χ1n) is 3.87. The summed E-state index contributed by atoms with van der Waals surface area (Å²) >= 11 is 1.38. The number of nitrogens with zero attached hydrogens (tertiary/aromatic N) is 1. The second kappa shape index (κ2) is 3.64. The zero-order valence-electron chi connectivity index (χ0n) is 7.33. The van der Waals surface area contributed by atoms with Crippen LogP contribution in [0.4, 0.5) is 5.13 Å². The highest BCUT2D eigenvalue weighted by Gasteiger charge is 2.14. The lowest BCUT2D eigenvalue weighted by Crippen LogP contribution is -2.22. The lowest BCUT2D eigenvalue weighted by molar-refractivity contribution is -0.114. The number of nitrogens with one attached hydrogen (secondary N) is 3. The molecule has 0 aliphatic carbocycles. The first-order valence-corrected chi connectivity index (χ1v) is 4.75. The molecule has 0 fully saturated rings. The van der Waals surface area contributed by atoms with Crippen LogP contribution in [0.3, 0.4) is 0 Å². The molecule has 0 radical (unpaired) electrons. The summed E-state index contributed by atoms with van der Waals surface area (Å²) in [5.74, 6) is -0.288. The Hall–Kier alpha value is -1.60. The van der Waals surface area contributed by atoms with Crippen LogP contribution in [0.2, 0.25) is 0 Å². The minimum absolute atomic E-state index is 0.288. The zero-order chi connectivity index (χ0) is 9.97. The molecule has 1 aliphatic rings. The maximum atomic E-state index is 11.4. The second-order valence-corrected chi connectivity index (χ2v) is 3.49. The Kier molecular flexibility index (Phi) is 2.33. The second-order valence-electron chi connectivity index (χ2n) is 2.63. The number of amides is 1. The summed E-state index contributed by atoms with van der Waals surface area (Å²) in [6.07, 6.45) is 1.43. The van der Waals surface area contributed by atoms with Gasteiger partial charge in [0.05, 0.1) is 11.9 Å². The van der Waals surface area contributed by atoms with Crippen LogP contribution in [-0.2, 0) is 9.73 Å². The van der Waals surface area contributed by atoms with Gasteiger partial charge < -0.3 is 0 Å². The summed E-state index contributed by atoms with van der Waals surface area (Å²) in [4.78, 5) is 20.1. The summed E-state index contributed by atoms with van der Waals surface area (Å²) in [6, 6.07) is 0. The van der Waals surface area contributed by atoms with Crippen molar-refractivity contribution in [3.63, 3.8) is 0 Å². The smallest absolute Gasteiger partial charge is 0.277 e. The Morgan fingerprint density at radius 3 is 3.14 bits per heavy atom. The molecule has 0 aromatic carbocycles. The average Bonchev–Trinajstić information content (AvgIpc) is 2.75. The number of carbonyl (C=O) groups excluding carboxylic acids is 1. The quantitative estimate of drug-likeness (QED) is 0.656. The normalized spacial score (nSPS) is 14.2. The molecule has 1 aromatic heterocycles. The number of aromatic nitrogens is 1. The van der Waals surface area contributed by atoms with Gasteiger partial charge in [0.25, 0.3) is 5.91 Å². The first-order chi connectivity index (χ1) is 6.75. The maximum absolute atomic E-state index is 11.4. The fourth-order valence-electron chi connectivity index (χ4n) is 0.890. The van der Waals surface area contributed by atoms with Gasteiger partial charge in [-0.2, -0.15) is 4.94 Å². The summed E-state index contributed by atoms with van der Waals surface area (Å²) in [5.41, 5.74) is 5.99. The topological polar surface area (TPSA) is 75.3 Å². The van der Waals surface area contributed by atoms with Gasteiger partial charge in [0, 0.05) is 5.38 Å². The van der Waals surface area contributed by atoms with Crippen molar-refractivity contribution in [2.45, 2.75) is 6.92 Å². The number of thiazole rings is 1. The molecule has 2 heterocycles. The van der Waals surface area contributed by atoms with E-state index in [-0.39, 0.29) is 5.91 Å². The average molecular weight is 212 g/mol. The molecule has 14 heavy (non-hydrogen) atoms. The van der Waals surface area contributed by atoms with E-state index in [1.54, 1.807) is 0 Å². The van der Waals surface area contributed by atoms with E-state index in [0.29, 0.717) is 10.8 Å². The van der Waals surface area contributed by atoms with Crippen molar-refractivity contribution in [3.05, 3.63) is 23.0 Å². The Bertz CT molecular complexity index is 387. The van der Waals surface area contributed by atoms with Gasteiger partial charge >= 0.3 is 0 Å². The summed E-state index contributed by atoms with van der Waals surface area (Å²) in [5, 5.41) is 5.06. The molecule has 6 nitrogen and oxygen atoms in total. The first kappa shape index (κ1) is 8.97. The van der Waals surface area contributed by atoms with Crippen molar-refractivity contribution in [3.8, 4) is 0 Å². The van der Waals surface area contributed by atoms with Crippen molar-refractivity contribution in [2.75, 3.05) is 5.32 Å². The third-order valence-corrected chi connectivity index (χ3v) is 2.38. The molecule has 0 atom stereocenters. The van der Waals surface area contributed by atoms with Crippen molar-refractivity contribution >= 4 is 22.4 Å². The number of carbonyl (C=O) groups is 1. The molecule has 0 saturated carbocycles. The highest BCUT2D eigenvalue weighted by molar-refractivity contribution is 7.13. The van der Waals surface area contributed by atoms with E-state index in [1.165, 1.54) is 17.5 Å². The number of hydrogen-bond acceptors (Lipinski definition) is 6. The van der Waals surface area contributed by atoms with Gasteiger partial charge in [0.1, 0.15) is 5.70 Å². The molecule has 1 amide bonds. The van der Waals surface area contributed by atoms with Gasteiger partial charge in [-0.1, -0.05) is 0 Å².